The van der Waals surface area contributed by atoms with Gasteiger partial charge >= 0.3 is 0 Å². The molecule has 1 unspecified atom stereocenters. The van der Waals surface area contributed by atoms with E-state index in [4.69, 9.17) is 15.7 Å². The summed E-state index contributed by atoms with van der Waals surface area (Å²) in [6.07, 6.45) is 0. The maximum absolute atomic E-state index is 12.1. The number of anilines is 2. The van der Waals surface area contributed by atoms with Crippen molar-refractivity contribution in [1.29, 1.82) is 5.26 Å². The number of nitrogens with one attached hydrogen (secondary N) is 1. The molecule has 19 heavy (non-hydrogen) atoms. The van der Waals surface area contributed by atoms with Gasteiger partial charge in [-0.25, -0.2) is 8.42 Å². The second kappa shape index (κ2) is 6.23. The lowest BCUT2D eigenvalue weighted by Gasteiger charge is -2.14. The van der Waals surface area contributed by atoms with E-state index in [-0.39, 0.29) is 27.3 Å². The molecule has 0 aliphatic rings. The molecule has 0 saturated heterocycles. The van der Waals surface area contributed by atoms with Crippen LogP contribution in [0, 0.1) is 11.3 Å². The summed E-state index contributed by atoms with van der Waals surface area (Å²) in [6, 6.07) is 1.83. The van der Waals surface area contributed by atoms with Crippen molar-refractivity contribution in [2.24, 2.45) is 0 Å². The number of hydrogen-bond donors (Lipinski definition) is 2. The topological polar surface area (TPSA) is 105 Å². The zero-order chi connectivity index (χ0) is 14.6. The van der Waals surface area contributed by atoms with E-state index in [1.807, 2.05) is 13.0 Å². The summed E-state index contributed by atoms with van der Waals surface area (Å²) in [5.41, 5.74) is 5.79. The summed E-state index contributed by atoms with van der Waals surface area (Å²) in [4.78, 5) is 0.235. The van der Waals surface area contributed by atoms with E-state index in [2.05, 4.69) is 5.32 Å². The smallest absolute Gasteiger partial charge is 0.183 e. The molecule has 0 radical (unpaired) electrons. The average molecular weight is 303 g/mol. The highest BCUT2D eigenvalue weighted by molar-refractivity contribution is 7.91. The van der Waals surface area contributed by atoms with Crippen LogP contribution < -0.4 is 11.1 Å². The molecule has 0 spiro atoms. The number of thiophene rings is 1. The Labute approximate surface area is 117 Å². The quantitative estimate of drug-likeness (QED) is 0.824. The van der Waals surface area contributed by atoms with E-state index in [9.17, 15) is 8.42 Å². The Balaban J connectivity index is 3.28. The van der Waals surface area contributed by atoms with Crippen LogP contribution in [-0.2, 0) is 14.6 Å². The molecule has 6 nitrogen and oxygen atoms in total. The third-order valence-corrected chi connectivity index (χ3v) is 5.46. The largest absolute Gasteiger partial charge is 0.396 e. The van der Waals surface area contributed by atoms with Crippen molar-refractivity contribution < 1.29 is 13.2 Å². The maximum Gasteiger partial charge on any atom is 0.183 e. The SMILES string of the molecule is CCS(=O)(=O)c1c(NC(C)COC)sc(C#N)c1N. The lowest BCUT2D eigenvalue weighted by Crippen LogP contribution is -2.21. The van der Waals surface area contributed by atoms with E-state index in [0.717, 1.165) is 11.3 Å². The van der Waals surface area contributed by atoms with Crippen LogP contribution in [-0.4, -0.2) is 33.9 Å². The van der Waals surface area contributed by atoms with Gasteiger partial charge in [-0.05, 0) is 6.92 Å². The molecule has 0 amide bonds. The predicted molar refractivity (Wildman–Crippen MR) is 76.1 cm³/mol. The minimum atomic E-state index is -3.48. The second-order valence-corrected chi connectivity index (χ2v) is 7.25. The molecule has 106 valence electrons. The number of nitrogen functional groups attached to an aromatic ring is 1. The average Bonchev–Trinajstić information content (AvgIpc) is 2.66. The molecule has 8 heteroatoms. The fraction of sp³-hybridized carbons (Fsp3) is 0.545. The highest BCUT2D eigenvalue weighted by atomic mass is 32.2. The van der Waals surface area contributed by atoms with Gasteiger partial charge in [-0.2, -0.15) is 5.26 Å². The highest BCUT2D eigenvalue weighted by Gasteiger charge is 2.26. The number of sulfone groups is 1. The molecule has 0 fully saturated rings. The Kier molecular flexibility index (Phi) is 5.17. The normalized spacial score (nSPS) is 12.9. The van der Waals surface area contributed by atoms with Gasteiger partial charge in [0.2, 0.25) is 0 Å². The van der Waals surface area contributed by atoms with Crippen LogP contribution in [0.2, 0.25) is 0 Å². The minimum Gasteiger partial charge on any atom is -0.396 e. The molecule has 3 N–H and O–H groups in total. The zero-order valence-electron chi connectivity index (χ0n) is 11.1. The summed E-state index contributed by atoms with van der Waals surface area (Å²) in [6.45, 7) is 3.82. The number of ether oxygens (including phenoxy) is 1. The number of rotatable bonds is 6. The van der Waals surface area contributed by atoms with Gasteiger partial charge in [-0.15, -0.1) is 11.3 Å². The highest BCUT2D eigenvalue weighted by Crippen LogP contribution is 2.39. The molecule has 0 aliphatic carbocycles. The first kappa shape index (κ1) is 15.8. The first-order chi connectivity index (χ1) is 8.87. The molecule has 0 aromatic carbocycles. The van der Waals surface area contributed by atoms with E-state index in [1.54, 1.807) is 14.0 Å². The Morgan fingerprint density at radius 2 is 2.21 bits per heavy atom. The number of methoxy groups -OCH3 is 1. The van der Waals surface area contributed by atoms with Gasteiger partial charge in [0.1, 0.15) is 20.8 Å². The minimum absolute atomic E-state index is 0.0273. The van der Waals surface area contributed by atoms with Crippen molar-refractivity contribution in [1.82, 2.24) is 0 Å². The molecular formula is C11H17N3O3S2. The first-order valence-corrected chi connectivity index (χ1v) is 8.14. The van der Waals surface area contributed by atoms with Crippen LogP contribution >= 0.6 is 11.3 Å². The van der Waals surface area contributed by atoms with Gasteiger partial charge in [0.25, 0.3) is 0 Å². The lowest BCUT2D eigenvalue weighted by atomic mass is 10.3. The molecule has 0 bridgehead atoms. The standard InChI is InChI=1S/C11H17N3O3S2/c1-4-19(15,16)10-9(13)8(5-12)18-11(10)14-7(2)6-17-3/h7,14H,4,6,13H2,1-3H3. The van der Waals surface area contributed by atoms with Gasteiger partial charge in [0.15, 0.2) is 9.84 Å². The number of hydrogen-bond acceptors (Lipinski definition) is 7. The fourth-order valence-electron chi connectivity index (χ4n) is 1.58. The van der Waals surface area contributed by atoms with Gasteiger partial charge in [0.05, 0.1) is 18.0 Å². The van der Waals surface area contributed by atoms with E-state index in [0.29, 0.717) is 11.6 Å². The summed E-state index contributed by atoms with van der Waals surface area (Å²) in [5.74, 6) is -0.0634. The Morgan fingerprint density at radius 3 is 2.68 bits per heavy atom. The maximum atomic E-state index is 12.1. The first-order valence-electron chi connectivity index (χ1n) is 5.67. The van der Waals surface area contributed by atoms with Crippen LogP contribution in [0.4, 0.5) is 10.7 Å². The van der Waals surface area contributed by atoms with Gasteiger partial charge < -0.3 is 15.8 Å². The molecule has 1 aromatic rings. The van der Waals surface area contributed by atoms with Crippen molar-refractivity contribution in [3.63, 3.8) is 0 Å². The van der Waals surface area contributed by atoms with E-state index >= 15 is 0 Å². The van der Waals surface area contributed by atoms with Crippen LogP contribution in [0.15, 0.2) is 4.90 Å². The summed E-state index contributed by atoms with van der Waals surface area (Å²) >= 11 is 1.05. The fourth-order valence-corrected chi connectivity index (χ4v) is 4.14. The Morgan fingerprint density at radius 1 is 1.58 bits per heavy atom. The van der Waals surface area contributed by atoms with Crippen molar-refractivity contribution in [2.45, 2.75) is 24.8 Å². The van der Waals surface area contributed by atoms with Crippen LogP contribution in [0.1, 0.15) is 18.7 Å². The number of nitrogens with two attached hydrogens (primary N) is 1. The molecule has 0 aliphatic heterocycles. The molecular weight excluding hydrogens is 286 g/mol. The van der Waals surface area contributed by atoms with E-state index < -0.39 is 9.84 Å². The van der Waals surface area contributed by atoms with Gasteiger partial charge in [-0.1, -0.05) is 6.92 Å². The monoisotopic (exact) mass is 303 g/mol. The Hall–Kier alpha value is -1.30. The molecule has 0 saturated carbocycles. The molecule has 1 rings (SSSR count). The van der Waals surface area contributed by atoms with Crippen LogP contribution in [0.25, 0.3) is 0 Å². The number of nitriles is 1. The lowest BCUT2D eigenvalue weighted by molar-refractivity contribution is 0.190. The van der Waals surface area contributed by atoms with E-state index in [1.165, 1.54) is 0 Å². The second-order valence-electron chi connectivity index (χ2n) is 4.02. The third kappa shape index (κ3) is 3.37. The molecule has 1 atom stereocenters. The summed E-state index contributed by atoms with van der Waals surface area (Å²) in [7, 11) is -1.92. The van der Waals surface area contributed by atoms with Crippen LogP contribution in [0.3, 0.4) is 0 Å². The molecule has 1 heterocycles. The summed E-state index contributed by atoms with van der Waals surface area (Å²) in [5, 5.41) is 12.4. The van der Waals surface area contributed by atoms with Crippen molar-refractivity contribution in [2.75, 3.05) is 30.5 Å². The van der Waals surface area contributed by atoms with Gasteiger partial charge in [-0.3, -0.25) is 0 Å². The summed E-state index contributed by atoms with van der Waals surface area (Å²) < 4.78 is 29.1. The van der Waals surface area contributed by atoms with Crippen molar-refractivity contribution in [3.05, 3.63) is 4.88 Å². The zero-order valence-corrected chi connectivity index (χ0v) is 12.7. The van der Waals surface area contributed by atoms with Gasteiger partial charge in [0, 0.05) is 13.2 Å². The molecule has 1 aromatic heterocycles. The number of nitrogens with zero attached hydrogens (tertiary/aromatic N) is 1. The Bertz CT molecular complexity index is 587. The predicted octanol–water partition coefficient (Wildman–Crippen LogP) is 1.44. The third-order valence-electron chi connectivity index (χ3n) is 2.49. The van der Waals surface area contributed by atoms with Crippen molar-refractivity contribution >= 4 is 31.9 Å². The van der Waals surface area contributed by atoms with Crippen LogP contribution in [0.5, 0.6) is 0 Å². The van der Waals surface area contributed by atoms with Crippen molar-refractivity contribution in [3.8, 4) is 6.07 Å².